The summed E-state index contributed by atoms with van der Waals surface area (Å²) in [6, 6.07) is 3.36. The molecule has 0 spiro atoms. The van der Waals surface area contributed by atoms with Crippen LogP contribution in [0, 0.1) is 0 Å². The topological polar surface area (TPSA) is 62.3 Å². The SMILES string of the molecule is CCCCN(C)S(=O)(=O)N[C@H](C)c1cccnc1. The highest BCUT2D eigenvalue weighted by Crippen LogP contribution is 2.12. The second kappa shape index (κ2) is 6.82. The van der Waals surface area contributed by atoms with Gasteiger partial charge in [0.15, 0.2) is 0 Å². The van der Waals surface area contributed by atoms with Gasteiger partial charge in [-0.3, -0.25) is 4.98 Å². The maximum Gasteiger partial charge on any atom is 0.279 e. The third-order valence-electron chi connectivity index (χ3n) is 2.75. The lowest BCUT2D eigenvalue weighted by atomic mass is 10.2. The minimum absolute atomic E-state index is 0.284. The van der Waals surface area contributed by atoms with E-state index < -0.39 is 10.2 Å². The Morgan fingerprint density at radius 1 is 1.50 bits per heavy atom. The number of unbranched alkanes of at least 4 members (excludes halogenated alkanes) is 1. The highest BCUT2D eigenvalue weighted by molar-refractivity contribution is 7.87. The van der Waals surface area contributed by atoms with Gasteiger partial charge in [0.25, 0.3) is 10.2 Å². The molecule has 18 heavy (non-hydrogen) atoms. The normalized spacial score (nSPS) is 13.8. The fourth-order valence-corrected chi connectivity index (χ4v) is 2.65. The van der Waals surface area contributed by atoms with E-state index in [4.69, 9.17) is 0 Å². The van der Waals surface area contributed by atoms with E-state index in [1.165, 1.54) is 4.31 Å². The van der Waals surface area contributed by atoms with Crippen LogP contribution in [0.4, 0.5) is 0 Å². The molecule has 0 amide bonds. The molecular formula is C12H21N3O2S. The molecule has 0 saturated carbocycles. The van der Waals surface area contributed by atoms with Gasteiger partial charge in [0.05, 0.1) is 0 Å². The lowest BCUT2D eigenvalue weighted by Crippen LogP contribution is -2.39. The molecule has 0 aliphatic rings. The second-order valence-corrected chi connectivity index (χ2v) is 6.12. The zero-order valence-corrected chi connectivity index (χ0v) is 11.9. The van der Waals surface area contributed by atoms with Gasteiger partial charge in [0.2, 0.25) is 0 Å². The minimum atomic E-state index is -3.42. The van der Waals surface area contributed by atoms with E-state index in [0.29, 0.717) is 6.54 Å². The molecule has 1 aromatic rings. The molecular weight excluding hydrogens is 250 g/mol. The van der Waals surface area contributed by atoms with Gasteiger partial charge < -0.3 is 0 Å². The first-order valence-corrected chi connectivity index (χ1v) is 7.55. The summed E-state index contributed by atoms with van der Waals surface area (Å²) in [5, 5.41) is 0. The van der Waals surface area contributed by atoms with Crippen molar-refractivity contribution in [3.63, 3.8) is 0 Å². The summed E-state index contributed by atoms with van der Waals surface area (Å²) in [4.78, 5) is 3.98. The summed E-state index contributed by atoms with van der Waals surface area (Å²) >= 11 is 0. The van der Waals surface area contributed by atoms with Crippen molar-refractivity contribution < 1.29 is 8.42 Å². The summed E-state index contributed by atoms with van der Waals surface area (Å²) in [5.74, 6) is 0. The Balaban J connectivity index is 2.65. The Hall–Kier alpha value is -0.980. The van der Waals surface area contributed by atoms with Gasteiger partial charge >= 0.3 is 0 Å². The maximum absolute atomic E-state index is 12.0. The Morgan fingerprint density at radius 2 is 2.22 bits per heavy atom. The number of hydrogen-bond acceptors (Lipinski definition) is 3. The van der Waals surface area contributed by atoms with Crippen LogP contribution in [0.2, 0.25) is 0 Å². The van der Waals surface area contributed by atoms with Crippen LogP contribution in [0.5, 0.6) is 0 Å². The molecule has 6 heteroatoms. The molecule has 1 atom stereocenters. The van der Waals surface area contributed by atoms with Gasteiger partial charge in [0, 0.05) is 32.0 Å². The fraction of sp³-hybridized carbons (Fsp3) is 0.583. The van der Waals surface area contributed by atoms with E-state index in [9.17, 15) is 8.42 Å². The van der Waals surface area contributed by atoms with E-state index in [1.54, 1.807) is 25.5 Å². The first-order valence-electron chi connectivity index (χ1n) is 6.11. The zero-order chi connectivity index (χ0) is 13.6. The van der Waals surface area contributed by atoms with Crippen LogP contribution >= 0.6 is 0 Å². The molecule has 1 N–H and O–H groups in total. The molecule has 0 radical (unpaired) electrons. The average Bonchev–Trinajstić information content (AvgIpc) is 2.36. The van der Waals surface area contributed by atoms with Crippen molar-refractivity contribution in [1.82, 2.24) is 14.0 Å². The molecule has 0 aromatic carbocycles. The molecule has 5 nitrogen and oxygen atoms in total. The van der Waals surface area contributed by atoms with Crippen molar-refractivity contribution in [1.29, 1.82) is 0 Å². The first-order chi connectivity index (χ1) is 8.47. The number of pyridine rings is 1. The number of aromatic nitrogens is 1. The van der Waals surface area contributed by atoms with E-state index in [2.05, 4.69) is 9.71 Å². The molecule has 1 heterocycles. The van der Waals surface area contributed by atoms with E-state index in [-0.39, 0.29) is 6.04 Å². The van der Waals surface area contributed by atoms with Crippen LogP contribution in [0.15, 0.2) is 24.5 Å². The Morgan fingerprint density at radius 3 is 2.78 bits per heavy atom. The van der Waals surface area contributed by atoms with Crippen LogP contribution in [-0.4, -0.2) is 31.3 Å². The monoisotopic (exact) mass is 271 g/mol. The minimum Gasteiger partial charge on any atom is -0.264 e. The predicted molar refractivity (Wildman–Crippen MR) is 72.2 cm³/mol. The molecule has 0 bridgehead atoms. The quantitative estimate of drug-likeness (QED) is 0.821. The highest BCUT2D eigenvalue weighted by Gasteiger charge is 2.20. The van der Waals surface area contributed by atoms with Crippen molar-refractivity contribution in [2.45, 2.75) is 32.7 Å². The predicted octanol–water partition coefficient (Wildman–Crippen LogP) is 1.71. The van der Waals surface area contributed by atoms with Crippen LogP contribution < -0.4 is 4.72 Å². The van der Waals surface area contributed by atoms with E-state index >= 15 is 0 Å². The molecule has 0 saturated heterocycles. The standard InChI is InChI=1S/C12H21N3O2S/c1-4-5-9-15(3)18(16,17)14-11(2)12-7-6-8-13-10-12/h6-8,10-11,14H,4-5,9H2,1-3H3/t11-/m1/s1. The lowest BCUT2D eigenvalue weighted by Gasteiger charge is -2.21. The third kappa shape index (κ3) is 4.36. The zero-order valence-electron chi connectivity index (χ0n) is 11.1. The summed E-state index contributed by atoms with van der Waals surface area (Å²) < 4.78 is 28.0. The molecule has 1 rings (SSSR count). The van der Waals surface area contributed by atoms with Crippen LogP contribution in [-0.2, 0) is 10.2 Å². The summed E-state index contributed by atoms with van der Waals surface area (Å²) in [6.45, 7) is 4.37. The lowest BCUT2D eigenvalue weighted by molar-refractivity contribution is 0.442. The number of nitrogens with zero attached hydrogens (tertiary/aromatic N) is 2. The van der Waals surface area contributed by atoms with Crippen LogP contribution in [0.1, 0.15) is 38.3 Å². The van der Waals surface area contributed by atoms with Crippen LogP contribution in [0.25, 0.3) is 0 Å². The summed E-state index contributed by atoms with van der Waals surface area (Å²) in [7, 11) is -1.83. The van der Waals surface area contributed by atoms with Gasteiger partial charge in [-0.25, -0.2) is 0 Å². The Labute approximate surface area is 109 Å². The van der Waals surface area contributed by atoms with Gasteiger partial charge in [-0.05, 0) is 25.0 Å². The number of rotatable bonds is 7. The molecule has 1 aromatic heterocycles. The summed E-state index contributed by atoms with van der Waals surface area (Å²) in [5.41, 5.74) is 0.852. The number of nitrogens with one attached hydrogen (secondary N) is 1. The van der Waals surface area contributed by atoms with Crippen LogP contribution in [0.3, 0.4) is 0 Å². The fourth-order valence-electron chi connectivity index (χ4n) is 1.51. The molecule has 102 valence electrons. The van der Waals surface area contributed by atoms with Gasteiger partial charge in [-0.15, -0.1) is 0 Å². The molecule has 0 fully saturated rings. The van der Waals surface area contributed by atoms with E-state index in [1.807, 2.05) is 19.9 Å². The average molecular weight is 271 g/mol. The number of hydrogen-bond donors (Lipinski definition) is 1. The largest absolute Gasteiger partial charge is 0.279 e. The van der Waals surface area contributed by atoms with Gasteiger partial charge in [0.1, 0.15) is 0 Å². The van der Waals surface area contributed by atoms with E-state index in [0.717, 1.165) is 18.4 Å². The third-order valence-corrected chi connectivity index (χ3v) is 4.40. The van der Waals surface area contributed by atoms with Crippen molar-refractivity contribution in [3.05, 3.63) is 30.1 Å². The van der Waals surface area contributed by atoms with Crippen molar-refractivity contribution in [3.8, 4) is 0 Å². The smallest absolute Gasteiger partial charge is 0.264 e. The Kier molecular flexibility index (Phi) is 5.71. The summed E-state index contributed by atoms with van der Waals surface area (Å²) in [6.07, 6.45) is 5.16. The maximum atomic E-state index is 12.0. The second-order valence-electron chi connectivity index (χ2n) is 4.31. The molecule has 0 aliphatic carbocycles. The van der Waals surface area contributed by atoms with Gasteiger partial charge in [-0.1, -0.05) is 19.4 Å². The molecule has 0 aliphatic heterocycles. The highest BCUT2D eigenvalue weighted by atomic mass is 32.2. The van der Waals surface area contributed by atoms with Crippen molar-refractivity contribution >= 4 is 10.2 Å². The Bertz CT molecular complexity index is 448. The molecule has 0 unspecified atom stereocenters. The van der Waals surface area contributed by atoms with Crippen molar-refractivity contribution in [2.24, 2.45) is 0 Å². The first kappa shape index (κ1) is 15.1. The van der Waals surface area contributed by atoms with Crippen molar-refractivity contribution in [2.75, 3.05) is 13.6 Å². The van der Waals surface area contributed by atoms with Gasteiger partial charge in [-0.2, -0.15) is 17.4 Å².